The molecule has 0 spiro atoms. The molecule has 4 aromatic rings. The van der Waals surface area contributed by atoms with Crippen molar-refractivity contribution in [1.82, 2.24) is 24.1 Å². The zero-order chi connectivity index (χ0) is 24.4. The van der Waals surface area contributed by atoms with Gasteiger partial charge in [0, 0.05) is 18.7 Å². The Kier molecular flexibility index (Phi) is 4.55. The van der Waals surface area contributed by atoms with Crippen molar-refractivity contribution in [2.45, 2.75) is 13.0 Å². The van der Waals surface area contributed by atoms with E-state index in [1.165, 1.54) is 9.08 Å². The minimum atomic E-state index is -0.411. The van der Waals surface area contributed by atoms with Crippen LogP contribution >= 0.6 is 11.6 Å². The number of Topliss-reactive ketones (excluding diaryl/α,β-unsaturated/α-hetero) is 1. The third-order valence-corrected chi connectivity index (χ3v) is 6.70. The summed E-state index contributed by atoms with van der Waals surface area (Å²) < 4.78 is 2.93. The molecule has 5 heterocycles. The maximum absolute atomic E-state index is 13.7. The molecule has 0 radical (unpaired) electrons. The molecule has 0 bridgehead atoms. The van der Waals surface area contributed by atoms with Crippen LogP contribution in [0.2, 0.25) is 5.02 Å². The van der Waals surface area contributed by atoms with Gasteiger partial charge in [-0.2, -0.15) is 20.3 Å². The topological polar surface area (TPSA) is 147 Å². The minimum Gasteiger partial charge on any atom is -0.368 e. The molecule has 1 aromatic carbocycles. The molecule has 3 N–H and O–H groups in total. The van der Waals surface area contributed by atoms with Gasteiger partial charge < -0.3 is 16.0 Å². The van der Waals surface area contributed by atoms with Crippen LogP contribution in [0.4, 0.5) is 17.6 Å². The van der Waals surface area contributed by atoms with Gasteiger partial charge in [0.15, 0.2) is 11.6 Å². The van der Waals surface area contributed by atoms with Crippen molar-refractivity contribution < 1.29 is 4.79 Å². The van der Waals surface area contributed by atoms with Crippen LogP contribution in [-0.2, 0) is 0 Å². The second-order valence-corrected chi connectivity index (χ2v) is 9.01. The summed E-state index contributed by atoms with van der Waals surface area (Å²) in [6, 6.07) is 10.0. The highest BCUT2D eigenvalue weighted by Crippen LogP contribution is 2.44. The highest BCUT2D eigenvalue weighted by molar-refractivity contribution is 6.33. The SMILES string of the molecule is C[C@H]1CN(c2nc(N)nc3c2C(=O)CN3)[C@@H]1c1nn2ccc(Cl)c2c(=O)n1-c1cccc(C#N)c1. The zero-order valence-corrected chi connectivity index (χ0v) is 19.2. The second-order valence-electron chi connectivity index (χ2n) is 8.60. The Morgan fingerprint density at radius 3 is 2.86 bits per heavy atom. The molecule has 1 saturated heterocycles. The van der Waals surface area contributed by atoms with E-state index in [0.29, 0.717) is 40.8 Å². The first-order valence-electron chi connectivity index (χ1n) is 10.9. The fourth-order valence-electron chi connectivity index (χ4n) is 4.82. The van der Waals surface area contributed by atoms with E-state index in [9.17, 15) is 14.9 Å². The summed E-state index contributed by atoms with van der Waals surface area (Å²) in [5.41, 5.74) is 7.06. The number of fused-ring (bicyclic) bond motifs is 2. The summed E-state index contributed by atoms with van der Waals surface area (Å²) in [7, 11) is 0. The summed E-state index contributed by atoms with van der Waals surface area (Å²) in [6.45, 7) is 2.72. The third kappa shape index (κ3) is 3.07. The van der Waals surface area contributed by atoms with Crippen LogP contribution in [0, 0.1) is 17.2 Å². The van der Waals surface area contributed by atoms with Crippen LogP contribution in [0.3, 0.4) is 0 Å². The van der Waals surface area contributed by atoms with E-state index in [4.69, 9.17) is 22.4 Å². The Labute approximate surface area is 203 Å². The molecule has 35 heavy (non-hydrogen) atoms. The minimum absolute atomic E-state index is 0.0407. The molecular weight excluding hydrogens is 470 g/mol. The second kappa shape index (κ2) is 7.54. The van der Waals surface area contributed by atoms with Crippen LogP contribution in [0.5, 0.6) is 0 Å². The van der Waals surface area contributed by atoms with Crippen molar-refractivity contribution in [2.24, 2.45) is 5.92 Å². The molecule has 0 saturated carbocycles. The number of aromatic nitrogens is 5. The lowest BCUT2D eigenvalue weighted by Crippen LogP contribution is -2.52. The number of hydrogen-bond donors (Lipinski definition) is 2. The van der Waals surface area contributed by atoms with Crippen molar-refractivity contribution >= 4 is 40.5 Å². The maximum Gasteiger partial charge on any atom is 0.284 e. The average Bonchev–Trinajstić information content (AvgIpc) is 3.39. The van der Waals surface area contributed by atoms with Gasteiger partial charge in [-0.1, -0.05) is 24.6 Å². The van der Waals surface area contributed by atoms with Crippen LogP contribution in [-0.4, -0.2) is 43.0 Å². The molecule has 174 valence electrons. The number of ketones is 1. The van der Waals surface area contributed by atoms with Gasteiger partial charge in [0.1, 0.15) is 22.7 Å². The van der Waals surface area contributed by atoms with E-state index >= 15 is 0 Å². The molecule has 2 aliphatic heterocycles. The number of nitrogen functional groups attached to an aromatic ring is 1. The number of hydrogen-bond acceptors (Lipinski definition) is 9. The van der Waals surface area contributed by atoms with E-state index in [0.717, 1.165) is 0 Å². The number of carbonyl (C=O) groups excluding carboxylic acids is 1. The van der Waals surface area contributed by atoms with Crippen LogP contribution in [0.1, 0.15) is 34.7 Å². The van der Waals surface area contributed by atoms with E-state index in [1.54, 1.807) is 36.5 Å². The summed E-state index contributed by atoms with van der Waals surface area (Å²) in [4.78, 5) is 36.8. The van der Waals surface area contributed by atoms with Crippen molar-refractivity contribution in [3.8, 4) is 11.8 Å². The predicted molar refractivity (Wildman–Crippen MR) is 129 cm³/mol. The molecule has 2 atom stereocenters. The molecule has 2 aliphatic rings. The van der Waals surface area contributed by atoms with Crippen molar-refractivity contribution in [1.29, 1.82) is 5.26 Å². The number of nitrogens with two attached hydrogens (primary N) is 1. The lowest BCUT2D eigenvalue weighted by molar-refractivity contribution is 0.101. The van der Waals surface area contributed by atoms with Gasteiger partial charge in [-0.3, -0.25) is 14.2 Å². The quantitative estimate of drug-likeness (QED) is 0.443. The van der Waals surface area contributed by atoms with E-state index < -0.39 is 6.04 Å². The molecule has 0 aliphatic carbocycles. The average molecular weight is 488 g/mol. The van der Waals surface area contributed by atoms with Crippen LogP contribution in [0.15, 0.2) is 41.3 Å². The Bertz CT molecular complexity index is 1650. The van der Waals surface area contributed by atoms with Gasteiger partial charge in [-0.15, -0.1) is 0 Å². The fourth-order valence-corrected chi connectivity index (χ4v) is 5.04. The Balaban J connectivity index is 1.60. The number of nitrogens with one attached hydrogen (secondary N) is 1. The third-order valence-electron chi connectivity index (χ3n) is 6.39. The van der Waals surface area contributed by atoms with Gasteiger partial charge in [-0.05, 0) is 24.3 Å². The first-order chi connectivity index (χ1) is 16.9. The molecular formula is C23H18ClN9O2. The number of anilines is 3. The van der Waals surface area contributed by atoms with Crippen LogP contribution < -0.4 is 21.5 Å². The molecule has 1 fully saturated rings. The number of halogens is 1. The lowest BCUT2D eigenvalue weighted by Gasteiger charge is -2.47. The number of nitriles is 1. The molecule has 0 amide bonds. The maximum atomic E-state index is 13.7. The van der Waals surface area contributed by atoms with Gasteiger partial charge in [0.2, 0.25) is 5.95 Å². The number of carbonyl (C=O) groups is 1. The Hall–Kier alpha value is -4.43. The smallest absolute Gasteiger partial charge is 0.284 e. The van der Waals surface area contributed by atoms with E-state index in [1.807, 2.05) is 11.8 Å². The van der Waals surface area contributed by atoms with Crippen LogP contribution in [0.25, 0.3) is 11.2 Å². The summed E-state index contributed by atoms with van der Waals surface area (Å²) in [6.07, 6.45) is 1.63. The summed E-state index contributed by atoms with van der Waals surface area (Å²) in [5, 5.41) is 17.4. The van der Waals surface area contributed by atoms with Gasteiger partial charge in [0.05, 0.1) is 34.9 Å². The molecule has 6 rings (SSSR count). The molecule has 12 heteroatoms. The normalized spacial score (nSPS) is 18.8. The van der Waals surface area contributed by atoms with Gasteiger partial charge in [-0.25, -0.2) is 4.52 Å². The fraction of sp³-hybridized carbons (Fsp3) is 0.217. The molecule has 0 unspecified atom stereocenters. The lowest BCUT2D eigenvalue weighted by atomic mass is 9.88. The summed E-state index contributed by atoms with van der Waals surface area (Å²) >= 11 is 6.31. The van der Waals surface area contributed by atoms with E-state index in [2.05, 4.69) is 21.4 Å². The molecule has 3 aromatic heterocycles. The Morgan fingerprint density at radius 1 is 1.26 bits per heavy atom. The Morgan fingerprint density at radius 2 is 2.09 bits per heavy atom. The first kappa shape index (κ1) is 21.1. The number of benzene rings is 1. The van der Waals surface area contributed by atoms with E-state index in [-0.39, 0.29) is 40.3 Å². The highest BCUT2D eigenvalue weighted by Gasteiger charge is 2.44. The highest BCUT2D eigenvalue weighted by atomic mass is 35.5. The summed E-state index contributed by atoms with van der Waals surface area (Å²) in [5.74, 6) is 1.20. The standard InChI is InChI=1S/C23H18ClN9O2/c1-11-10-31(20-16-15(34)9-27-19(16)28-23(26)29-20)17(11)21-30-32-6-5-14(24)18(32)22(35)33(21)13-4-2-3-12(7-13)8-25/h2-7,11,17H,9-10H2,1H3,(H3,26,27,28,29)/t11-,17-/m0/s1. The van der Waals surface area contributed by atoms with Crippen molar-refractivity contribution in [3.63, 3.8) is 0 Å². The van der Waals surface area contributed by atoms with Gasteiger partial charge in [0.25, 0.3) is 5.56 Å². The molecule has 11 nitrogen and oxygen atoms in total. The van der Waals surface area contributed by atoms with Gasteiger partial charge >= 0.3 is 0 Å². The predicted octanol–water partition coefficient (Wildman–Crippen LogP) is 2.19. The van der Waals surface area contributed by atoms with Crippen molar-refractivity contribution in [3.05, 3.63) is 68.9 Å². The zero-order valence-electron chi connectivity index (χ0n) is 18.4. The number of rotatable bonds is 3. The monoisotopic (exact) mass is 487 g/mol. The number of nitrogens with zero attached hydrogens (tertiary/aromatic N) is 7. The van der Waals surface area contributed by atoms with Crippen molar-refractivity contribution in [2.75, 3.05) is 29.0 Å². The first-order valence-corrected chi connectivity index (χ1v) is 11.3. The largest absolute Gasteiger partial charge is 0.368 e.